The molecule has 0 saturated carbocycles. The Labute approximate surface area is 155 Å². The van der Waals surface area contributed by atoms with Crippen LogP contribution in [0, 0.1) is 5.92 Å². The summed E-state index contributed by atoms with van der Waals surface area (Å²) in [5.74, 6) is 0.779. The molecule has 6 nitrogen and oxygen atoms in total. The fraction of sp³-hybridized carbons (Fsp3) is 0.316. The fourth-order valence-electron chi connectivity index (χ4n) is 3.18. The van der Waals surface area contributed by atoms with E-state index in [1.54, 1.807) is 24.6 Å². The predicted molar refractivity (Wildman–Crippen MR) is 104 cm³/mol. The second-order valence-corrected chi connectivity index (χ2v) is 7.28. The first-order valence-corrected chi connectivity index (χ1v) is 9.46. The molecule has 26 heavy (non-hydrogen) atoms. The summed E-state index contributed by atoms with van der Waals surface area (Å²) in [6.45, 7) is 1.61. The number of amides is 1. The molecule has 1 aliphatic heterocycles. The number of nitrogens with one attached hydrogen (secondary N) is 1. The van der Waals surface area contributed by atoms with Gasteiger partial charge >= 0.3 is 0 Å². The number of pyridine rings is 1. The van der Waals surface area contributed by atoms with Crippen molar-refractivity contribution in [2.45, 2.75) is 12.8 Å². The van der Waals surface area contributed by atoms with E-state index in [-0.39, 0.29) is 11.8 Å². The van der Waals surface area contributed by atoms with Crippen LogP contribution in [0.25, 0.3) is 10.3 Å². The second kappa shape index (κ2) is 7.29. The van der Waals surface area contributed by atoms with Crippen LogP contribution in [0.3, 0.4) is 0 Å². The van der Waals surface area contributed by atoms with Crippen LogP contribution in [0.2, 0.25) is 0 Å². The van der Waals surface area contributed by atoms with Gasteiger partial charge in [0.1, 0.15) is 16.1 Å². The normalized spacial score (nSPS) is 17.3. The molecule has 1 amide bonds. The maximum Gasteiger partial charge on any atom is 0.229 e. The highest BCUT2D eigenvalue weighted by atomic mass is 32.1. The van der Waals surface area contributed by atoms with Crippen molar-refractivity contribution in [3.05, 3.63) is 42.6 Å². The number of aromatic nitrogens is 2. The summed E-state index contributed by atoms with van der Waals surface area (Å²) in [6.07, 6.45) is 3.65. The van der Waals surface area contributed by atoms with Gasteiger partial charge in [-0.2, -0.15) is 0 Å². The van der Waals surface area contributed by atoms with Crippen molar-refractivity contribution < 1.29 is 9.53 Å². The molecule has 3 heterocycles. The van der Waals surface area contributed by atoms with E-state index in [1.165, 1.54) is 0 Å². The SMILES string of the molecule is COc1ccc(NC(=O)C2CCCN(c3nc4cccnc4s3)C2)cc1. The van der Waals surface area contributed by atoms with Crippen LogP contribution in [-0.2, 0) is 4.79 Å². The number of rotatable bonds is 4. The summed E-state index contributed by atoms with van der Waals surface area (Å²) in [5, 5.41) is 3.96. The Balaban J connectivity index is 1.44. The molecule has 134 valence electrons. The average Bonchev–Trinajstić information content (AvgIpc) is 3.13. The van der Waals surface area contributed by atoms with Gasteiger partial charge in [0.05, 0.1) is 13.0 Å². The standard InChI is InChI=1S/C19H20N4O2S/c1-25-15-8-6-14(7-9-15)21-17(24)13-4-3-11-23(12-13)19-22-16-5-2-10-20-18(16)26-19/h2,5-10,13H,3-4,11-12H2,1H3,(H,21,24). The van der Waals surface area contributed by atoms with Crippen LogP contribution in [0.4, 0.5) is 10.8 Å². The molecule has 1 aliphatic rings. The molecule has 3 aromatic rings. The molecule has 7 heteroatoms. The summed E-state index contributed by atoms with van der Waals surface area (Å²) < 4.78 is 5.15. The number of ether oxygens (including phenoxy) is 1. The zero-order valence-corrected chi connectivity index (χ0v) is 15.3. The maximum absolute atomic E-state index is 12.7. The number of carbonyl (C=O) groups is 1. The van der Waals surface area contributed by atoms with Crippen LogP contribution in [0.15, 0.2) is 42.6 Å². The third kappa shape index (κ3) is 3.48. The van der Waals surface area contributed by atoms with Crippen LogP contribution >= 0.6 is 11.3 Å². The molecule has 2 aromatic heterocycles. The number of anilines is 2. The lowest BCUT2D eigenvalue weighted by molar-refractivity contribution is -0.120. The first-order valence-electron chi connectivity index (χ1n) is 8.64. The number of nitrogens with zero attached hydrogens (tertiary/aromatic N) is 3. The minimum atomic E-state index is -0.0502. The van der Waals surface area contributed by atoms with Crippen molar-refractivity contribution in [2.24, 2.45) is 5.92 Å². The largest absolute Gasteiger partial charge is 0.497 e. The zero-order valence-electron chi connectivity index (χ0n) is 14.5. The number of hydrogen-bond acceptors (Lipinski definition) is 6. The molecule has 0 spiro atoms. The highest BCUT2D eigenvalue weighted by Gasteiger charge is 2.27. The number of benzene rings is 1. The van der Waals surface area contributed by atoms with E-state index in [4.69, 9.17) is 4.74 Å². The molecule has 1 saturated heterocycles. The highest BCUT2D eigenvalue weighted by molar-refractivity contribution is 7.21. The van der Waals surface area contributed by atoms with Gasteiger partial charge in [-0.25, -0.2) is 9.97 Å². The third-order valence-corrected chi connectivity index (χ3v) is 5.62. The van der Waals surface area contributed by atoms with E-state index >= 15 is 0 Å². The van der Waals surface area contributed by atoms with Gasteiger partial charge in [0, 0.05) is 25.0 Å². The van der Waals surface area contributed by atoms with Gasteiger partial charge in [-0.1, -0.05) is 11.3 Å². The predicted octanol–water partition coefficient (Wildman–Crippen LogP) is 3.56. The summed E-state index contributed by atoms with van der Waals surface area (Å²) in [6, 6.07) is 11.3. The van der Waals surface area contributed by atoms with E-state index < -0.39 is 0 Å². The van der Waals surface area contributed by atoms with Gasteiger partial charge in [-0.05, 0) is 49.2 Å². The summed E-state index contributed by atoms with van der Waals surface area (Å²) in [5.41, 5.74) is 1.70. The van der Waals surface area contributed by atoms with Crippen molar-refractivity contribution in [3.63, 3.8) is 0 Å². The first kappa shape index (κ1) is 16.8. The summed E-state index contributed by atoms with van der Waals surface area (Å²) in [7, 11) is 1.63. The molecule has 0 radical (unpaired) electrons. The van der Waals surface area contributed by atoms with Crippen molar-refractivity contribution in [1.29, 1.82) is 0 Å². The lowest BCUT2D eigenvalue weighted by Gasteiger charge is -2.31. The highest BCUT2D eigenvalue weighted by Crippen LogP contribution is 2.30. The minimum absolute atomic E-state index is 0.0502. The summed E-state index contributed by atoms with van der Waals surface area (Å²) >= 11 is 1.58. The Bertz CT molecular complexity index is 876. The first-order chi connectivity index (χ1) is 12.7. The van der Waals surface area contributed by atoms with Gasteiger partial charge in [0.2, 0.25) is 5.91 Å². The Kier molecular flexibility index (Phi) is 4.71. The second-order valence-electron chi connectivity index (χ2n) is 6.33. The number of carbonyl (C=O) groups excluding carboxylic acids is 1. The van der Waals surface area contributed by atoms with Gasteiger partial charge in [-0.15, -0.1) is 0 Å². The minimum Gasteiger partial charge on any atom is -0.497 e. The van der Waals surface area contributed by atoms with E-state index in [9.17, 15) is 4.79 Å². The molecule has 1 fully saturated rings. The number of thiazole rings is 1. The molecular weight excluding hydrogens is 348 g/mol. The fourth-order valence-corrected chi connectivity index (χ4v) is 4.12. The van der Waals surface area contributed by atoms with Crippen molar-refractivity contribution in [2.75, 3.05) is 30.4 Å². The molecule has 1 N–H and O–H groups in total. The van der Waals surface area contributed by atoms with Crippen molar-refractivity contribution in [3.8, 4) is 5.75 Å². The Morgan fingerprint density at radius 3 is 2.92 bits per heavy atom. The Morgan fingerprint density at radius 1 is 1.31 bits per heavy atom. The zero-order chi connectivity index (χ0) is 17.9. The van der Waals surface area contributed by atoms with Gasteiger partial charge in [0.15, 0.2) is 5.13 Å². The molecule has 0 bridgehead atoms. The third-order valence-electron chi connectivity index (χ3n) is 4.58. The topological polar surface area (TPSA) is 67.3 Å². The number of methoxy groups -OCH3 is 1. The van der Waals surface area contributed by atoms with Crippen LogP contribution in [-0.4, -0.2) is 36.1 Å². The molecule has 0 aliphatic carbocycles. The van der Waals surface area contributed by atoms with Gasteiger partial charge < -0.3 is 15.0 Å². The molecule has 1 aromatic carbocycles. The number of fused-ring (bicyclic) bond motifs is 1. The quantitative estimate of drug-likeness (QED) is 0.763. The van der Waals surface area contributed by atoms with Gasteiger partial charge in [0.25, 0.3) is 0 Å². The van der Waals surface area contributed by atoms with Crippen molar-refractivity contribution in [1.82, 2.24) is 9.97 Å². The van der Waals surface area contributed by atoms with Crippen LogP contribution < -0.4 is 15.0 Å². The van der Waals surface area contributed by atoms with Crippen molar-refractivity contribution >= 4 is 38.4 Å². The molecule has 1 atom stereocenters. The lowest BCUT2D eigenvalue weighted by atomic mass is 9.97. The number of piperidine rings is 1. The van der Waals surface area contributed by atoms with Crippen LogP contribution in [0.5, 0.6) is 5.75 Å². The molecule has 4 rings (SSSR count). The van der Waals surface area contributed by atoms with Gasteiger partial charge in [-0.3, -0.25) is 4.79 Å². The Morgan fingerprint density at radius 2 is 2.15 bits per heavy atom. The Hall–Kier alpha value is -2.67. The number of hydrogen-bond donors (Lipinski definition) is 1. The van der Waals surface area contributed by atoms with E-state index in [2.05, 4.69) is 20.2 Å². The molecular formula is C19H20N4O2S. The molecule has 1 unspecified atom stereocenters. The van der Waals surface area contributed by atoms with Crippen LogP contribution in [0.1, 0.15) is 12.8 Å². The monoisotopic (exact) mass is 368 g/mol. The average molecular weight is 368 g/mol. The summed E-state index contributed by atoms with van der Waals surface area (Å²) in [4.78, 5) is 24.8. The van der Waals surface area contributed by atoms with E-state index in [1.807, 2.05) is 36.4 Å². The lowest BCUT2D eigenvalue weighted by Crippen LogP contribution is -2.40. The van der Waals surface area contributed by atoms with E-state index in [0.29, 0.717) is 6.54 Å². The van der Waals surface area contributed by atoms with E-state index in [0.717, 1.165) is 46.3 Å². The maximum atomic E-state index is 12.7. The smallest absolute Gasteiger partial charge is 0.229 e.